The molecule has 6 nitrogen and oxygen atoms in total. The molecule has 0 aliphatic rings. The average molecular weight is 225 g/mol. The van der Waals surface area contributed by atoms with Crippen molar-refractivity contribution in [3.05, 3.63) is 33.1 Å². The first-order valence-electron chi connectivity index (χ1n) is 5.08. The Morgan fingerprint density at radius 2 is 2.19 bits per heavy atom. The highest BCUT2D eigenvalue weighted by Crippen LogP contribution is 1.90. The Labute approximate surface area is 92.5 Å². The van der Waals surface area contributed by atoms with Gasteiger partial charge in [0.2, 0.25) is 5.91 Å². The first-order chi connectivity index (χ1) is 7.54. The summed E-state index contributed by atoms with van der Waals surface area (Å²) in [6, 6.07) is 1.22. The minimum Gasteiger partial charge on any atom is -0.344 e. The summed E-state index contributed by atoms with van der Waals surface area (Å²) in [5.74, 6) is -0.156. The van der Waals surface area contributed by atoms with Crippen LogP contribution >= 0.6 is 0 Å². The number of hydrogen-bond donors (Lipinski definition) is 1. The summed E-state index contributed by atoms with van der Waals surface area (Å²) in [5, 5.41) is 0. The molecule has 1 aromatic heterocycles. The maximum Gasteiger partial charge on any atom is 0.328 e. The second kappa shape index (κ2) is 5.29. The maximum atomic E-state index is 11.6. The summed E-state index contributed by atoms with van der Waals surface area (Å²) >= 11 is 0. The van der Waals surface area contributed by atoms with Crippen LogP contribution in [0, 0.1) is 0 Å². The summed E-state index contributed by atoms with van der Waals surface area (Å²) < 4.78 is 1.18. The normalized spacial score (nSPS) is 10.1. The lowest BCUT2D eigenvalue weighted by Gasteiger charge is -2.16. The third kappa shape index (κ3) is 3.08. The Bertz CT molecular complexity index is 475. The maximum absolute atomic E-state index is 11.6. The van der Waals surface area contributed by atoms with Gasteiger partial charge in [0.15, 0.2) is 0 Å². The van der Waals surface area contributed by atoms with Gasteiger partial charge in [-0.05, 0) is 6.42 Å². The van der Waals surface area contributed by atoms with Gasteiger partial charge in [-0.25, -0.2) is 4.79 Å². The van der Waals surface area contributed by atoms with Gasteiger partial charge in [0, 0.05) is 25.9 Å². The van der Waals surface area contributed by atoms with Gasteiger partial charge in [0.25, 0.3) is 5.56 Å². The van der Waals surface area contributed by atoms with Gasteiger partial charge in [-0.15, -0.1) is 0 Å². The zero-order valence-corrected chi connectivity index (χ0v) is 9.40. The topological polar surface area (TPSA) is 75.2 Å². The minimum absolute atomic E-state index is 0.0495. The first kappa shape index (κ1) is 12.2. The fraction of sp³-hybridized carbons (Fsp3) is 0.500. The monoisotopic (exact) mass is 225 g/mol. The SMILES string of the molecule is CCCN(C)C(=O)Cn1ccc(=O)[nH]c1=O. The molecule has 0 aromatic carbocycles. The van der Waals surface area contributed by atoms with Crippen molar-refractivity contribution in [1.29, 1.82) is 0 Å². The van der Waals surface area contributed by atoms with E-state index in [1.54, 1.807) is 11.9 Å². The molecule has 1 N–H and O–H groups in total. The van der Waals surface area contributed by atoms with Crippen LogP contribution in [0.15, 0.2) is 21.9 Å². The molecule has 0 radical (unpaired) electrons. The highest BCUT2D eigenvalue weighted by Gasteiger charge is 2.09. The highest BCUT2D eigenvalue weighted by molar-refractivity contribution is 5.75. The highest BCUT2D eigenvalue weighted by atomic mass is 16.2. The Balaban J connectivity index is 2.77. The third-order valence-electron chi connectivity index (χ3n) is 2.19. The summed E-state index contributed by atoms with van der Waals surface area (Å²) in [5.41, 5.74) is -1.03. The number of likely N-dealkylation sites (N-methyl/N-ethyl adjacent to an activating group) is 1. The zero-order valence-electron chi connectivity index (χ0n) is 9.40. The van der Waals surface area contributed by atoms with Crippen LogP contribution in [-0.2, 0) is 11.3 Å². The molecule has 0 atom stereocenters. The number of rotatable bonds is 4. The van der Waals surface area contributed by atoms with Crippen molar-refractivity contribution in [3.8, 4) is 0 Å². The van der Waals surface area contributed by atoms with E-state index in [0.717, 1.165) is 6.42 Å². The number of aromatic amines is 1. The van der Waals surface area contributed by atoms with E-state index in [0.29, 0.717) is 6.54 Å². The zero-order chi connectivity index (χ0) is 12.1. The van der Waals surface area contributed by atoms with Crippen molar-refractivity contribution in [2.45, 2.75) is 19.9 Å². The number of nitrogens with one attached hydrogen (secondary N) is 1. The van der Waals surface area contributed by atoms with Gasteiger partial charge >= 0.3 is 5.69 Å². The fourth-order valence-corrected chi connectivity index (χ4v) is 1.30. The van der Waals surface area contributed by atoms with Gasteiger partial charge in [-0.2, -0.15) is 0 Å². The smallest absolute Gasteiger partial charge is 0.328 e. The van der Waals surface area contributed by atoms with Gasteiger partial charge < -0.3 is 4.90 Å². The molecule has 88 valence electrons. The van der Waals surface area contributed by atoms with Crippen LogP contribution in [0.2, 0.25) is 0 Å². The molecule has 1 rings (SSSR count). The molecule has 16 heavy (non-hydrogen) atoms. The van der Waals surface area contributed by atoms with Crippen LogP contribution in [0.4, 0.5) is 0 Å². The van der Waals surface area contributed by atoms with Crippen molar-refractivity contribution >= 4 is 5.91 Å². The van der Waals surface area contributed by atoms with Gasteiger partial charge in [0.05, 0.1) is 0 Å². The van der Waals surface area contributed by atoms with E-state index in [-0.39, 0.29) is 12.5 Å². The molecule has 1 aromatic rings. The number of H-pyrrole nitrogens is 1. The van der Waals surface area contributed by atoms with E-state index >= 15 is 0 Å². The quantitative estimate of drug-likeness (QED) is 0.743. The summed E-state index contributed by atoms with van der Waals surface area (Å²) in [6.07, 6.45) is 2.18. The minimum atomic E-state index is -0.564. The van der Waals surface area contributed by atoms with E-state index in [1.807, 2.05) is 6.92 Å². The molecule has 1 amide bonds. The lowest BCUT2D eigenvalue weighted by atomic mass is 10.4. The third-order valence-corrected chi connectivity index (χ3v) is 2.19. The number of nitrogens with zero attached hydrogens (tertiary/aromatic N) is 2. The van der Waals surface area contributed by atoms with Gasteiger partial charge in [-0.1, -0.05) is 6.92 Å². The Morgan fingerprint density at radius 3 is 2.75 bits per heavy atom. The predicted octanol–water partition coefficient (Wildman–Crippen LogP) is -0.595. The molecule has 0 fully saturated rings. The van der Waals surface area contributed by atoms with Crippen LogP contribution < -0.4 is 11.2 Å². The molecular formula is C10H15N3O3. The molecule has 0 unspecified atom stereocenters. The van der Waals surface area contributed by atoms with Crippen molar-refractivity contribution < 1.29 is 4.79 Å². The number of hydrogen-bond acceptors (Lipinski definition) is 3. The van der Waals surface area contributed by atoms with Crippen LogP contribution in [-0.4, -0.2) is 34.0 Å². The van der Waals surface area contributed by atoms with Gasteiger partial charge in [0.1, 0.15) is 6.54 Å². The molecule has 1 heterocycles. The molecule has 0 aliphatic heterocycles. The number of carbonyl (C=O) groups is 1. The van der Waals surface area contributed by atoms with E-state index in [9.17, 15) is 14.4 Å². The molecule has 6 heteroatoms. The summed E-state index contributed by atoms with van der Waals surface area (Å²) in [4.78, 5) is 37.4. The van der Waals surface area contributed by atoms with Crippen LogP contribution in [0.5, 0.6) is 0 Å². The van der Waals surface area contributed by atoms with E-state index < -0.39 is 11.2 Å². The molecular weight excluding hydrogens is 210 g/mol. The van der Waals surface area contributed by atoms with Crippen molar-refractivity contribution in [2.75, 3.05) is 13.6 Å². The molecule has 0 saturated carbocycles. The van der Waals surface area contributed by atoms with E-state index in [2.05, 4.69) is 4.98 Å². The molecule has 0 saturated heterocycles. The lowest BCUT2D eigenvalue weighted by Crippen LogP contribution is -2.36. The van der Waals surface area contributed by atoms with Crippen molar-refractivity contribution in [3.63, 3.8) is 0 Å². The molecule has 0 aliphatic carbocycles. The Hall–Kier alpha value is -1.85. The molecule has 0 bridgehead atoms. The van der Waals surface area contributed by atoms with Crippen LogP contribution in [0.3, 0.4) is 0 Å². The summed E-state index contributed by atoms with van der Waals surface area (Å²) in [7, 11) is 1.68. The second-order valence-corrected chi connectivity index (χ2v) is 3.55. The lowest BCUT2D eigenvalue weighted by molar-refractivity contribution is -0.130. The Kier molecular flexibility index (Phi) is 4.04. The number of amides is 1. The largest absolute Gasteiger partial charge is 0.344 e. The number of carbonyl (C=O) groups excluding carboxylic acids is 1. The predicted molar refractivity (Wildman–Crippen MR) is 59.3 cm³/mol. The molecule has 0 spiro atoms. The second-order valence-electron chi connectivity index (χ2n) is 3.55. The standard InChI is InChI=1S/C10H15N3O3/c1-3-5-12(2)9(15)7-13-6-4-8(14)11-10(13)16/h4,6H,3,5,7H2,1-2H3,(H,11,14,16). The van der Waals surface area contributed by atoms with Crippen molar-refractivity contribution in [1.82, 2.24) is 14.5 Å². The van der Waals surface area contributed by atoms with Crippen molar-refractivity contribution in [2.24, 2.45) is 0 Å². The van der Waals surface area contributed by atoms with E-state index in [4.69, 9.17) is 0 Å². The first-order valence-corrected chi connectivity index (χ1v) is 5.08. The van der Waals surface area contributed by atoms with Gasteiger partial charge in [-0.3, -0.25) is 19.1 Å². The number of aromatic nitrogens is 2. The average Bonchev–Trinajstić information content (AvgIpc) is 2.22. The fourth-order valence-electron chi connectivity index (χ4n) is 1.30. The van der Waals surface area contributed by atoms with Crippen LogP contribution in [0.25, 0.3) is 0 Å². The summed E-state index contributed by atoms with van der Waals surface area (Å²) in [6.45, 7) is 2.57. The Morgan fingerprint density at radius 1 is 1.50 bits per heavy atom. The van der Waals surface area contributed by atoms with Crippen LogP contribution in [0.1, 0.15) is 13.3 Å². The van der Waals surface area contributed by atoms with E-state index in [1.165, 1.54) is 16.8 Å².